The molecule has 148 valence electrons. The molecule has 2 atom stereocenters. The number of guanidine groups is 1. The van der Waals surface area contributed by atoms with Gasteiger partial charge in [-0.3, -0.25) is 4.99 Å². The number of nitrogens with one attached hydrogen (secondary N) is 2. The van der Waals surface area contributed by atoms with Crippen LogP contribution in [-0.4, -0.2) is 52.6 Å². The Bertz CT molecular complexity index is 546. The summed E-state index contributed by atoms with van der Waals surface area (Å²) in [6, 6.07) is 0.507. The van der Waals surface area contributed by atoms with Crippen LogP contribution < -0.4 is 10.6 Å². The maximum atomic E-state index is 5.94. The van der Waals surface area contributed by atoms with Gasteiger partial charge in [0, 0.05) is 37.7 Å². The topological polar surface area (TPSA) is 76.4 Å². The lowest BCUT2D eigenvalue weighted by molar-refractivity contribution is -0.168. The molecule has 0 radical (unpaired) electrons. The van der Waals surface area contributed by atoms with Gasteiger partial charge in [-0.2, -0.15) is 0 Å². The van der Waals surface area contributed by atoms with Gasteiger partial charge in [-0.25, -0.2) is 0 Å². The third-order valence-corrected chi connectivity index (χ3v) is 5.65. The summed E-state index contributed by atoms with van der Waals surface area (Å²) < 4.78 is 7.95. The van der Waals surface area contributed by atoms with E-state index in [4.69, 9.17) is 9.73 Å². The standard InChI is InChI=1S/C18H32N6O.HI/c1-3-19-17(20-10-5-6-11-24-13-21-22-14-24)23-15-12-16(25-4-2)18(15)8-7-9-18;/h13-16H,3-12H2,1-2H3,(H2,19,20,23);1H. The molecule has 7 nitrogen and oxygen atoms in total. The molecule has 1 aromatic rings. The first-order chi connectivity index (χ1) is 12.3. The first kappa shape index (κ1) is 21.4. The Morgan fingerprint density at radius 3 is 2.65 bits per heavy atom. The molecule has 0 amide bonds. The highest BCUT2D eigenvalue weighted by atomic mass is 127. The van der Waals surface area contributed by atoms with Gasteiger partial charge in [0.1, 0.15) is 12.7 Å². The van der Waals surface area contributed by atoms with Gasteiger partial charge in [0.2, 0.25) is 0 Å². The van der Waals surface area contributed by atoms with Crippen LogP contribution >= 0.6 is 24.0 Å². The lowest BCUT2D eigenvalue weighted by Crippen LogP contribution is -2.68. The van der Waals surface area contributed by atoms with Gasteiger partial charge < -0.3 is 19.9 Å². The highest BCUT2D eigenvalue weighted by molar-refractivity contribution is 14.0. The van der Waals surface area contributed by atoms with Crippen molar-refractivity contribution < 1.29 is 4.74 Å². The van der Waals surface area contributed by atoms with E-state index >= 15 is 0 Å². The van der Waals surface area contributed by atoms with Crippen molar-refractivity contribution in [2.24, 2.45) is 10.4 Å². The Hall–Kier alpha value is -0.900. The van der Waals surface area contributed by atoms with Crippen molar-refractivity contribution in [3.8, 4) is 0 Å². The van der Waals surface area contributed by atoms with E-state index in [1.165, 1.54) is 19.3 Å². The first-order valence-corrected chi connectivity index (χ1v) is 9.77. The van der Waals surface area contributed by atoms with Gasteiger partial charge in [0.05, 0.1) is 6.10 Å². The summed E-state index contributed by atoms with van der Waals surface area (Å²) in [7, 11) is 0. The summed E-state index contributed by atoms with van der Waals surface area (Å²) in [5.74, 6) is 0.957. The predicted molar refractivity (Wildman–Crippen MR) is 114 cm³/mol. The Kier molecular flexibility index (Phi) is 8.59. The van der Waals surface area contributed by atoms with Gasteiger partial charge in [0.25, 0.3) is 0 Å². The molecular weight excluding hydrogens is 443 g/mol. The van der Waals surface area contributed by atoms with Crippen LogP contribution in [0.5, 0.6) is 0 Å². The van der Waals surface area contributed by atoms with Crippen molar-refractivity contribution in [1.29, 1.82) is 0 Å². The van der Waals surface area contributed by atoms with Gasteiger partial charge in [-0.15, -0.1) is 34.2 Å². The van der Waals surface area contributed by atoms with Crippen molar-refractivity contribution in [3.63, 3.8) is 0 Å². The number of ether oxygens (including phenoxy) is 1. The highest BCUT2D eigenvalue weighted by Gasteiger charge is 2.59. The second kappa shape index (κ2) is 10.4. The minimum atomic E-state index is 0. The fourth-order valence-corrected chi connectivity index (χ4v) is 4.06. The molecule has 8 heteroatoms. The van der Waals surface area contributed by atoms with Crippen molar-refractivity contribution >= 4 is 29.9 Å². The minimum Gasteiger partial charge on any atom is -0.378 e. The monoisotopic (exact) mass is 476 g/mol. The Balaban J connectivity index is 0.00000243. The number of halogens is 1. The summed E-state index contributed by atoms with van der Waals surface area (Å²) in [6.07, 6.45) is 11.1. The second-order valence-corrected chi connectivity index (χ2v) is 7.13. The summed E-state index contributed by atoms with van der Waals surface area (Å²) in [6.45, 7) is 7.71. The molecule has 2 saturated carbocycles. The van der Waals surface area contributed by atoms with E-state index in [1.807, 2.05) is 4.57 Å². The van der Waals surface area contributed by atoms with E-state index in [-0.39, 0.29) is 24.0 Å². The molecule has 0 bridgehead atoms. The molecule has 0 aliphatic heterocycles. The molecule has 2 N–H and O–H groups in total. The van der Waals surface area contributed by atoms with E-state index < -0.39 is 0 Å². The molecule has 1 spiro atoms. The van der Waals surface area contributed by atoms with Crippen LogP contribution in [-0.2, 0) is 11.3 Å². The van der Waals surface area contributed by atoms with E-state index in [9.17, 15) is 0 Å². The molecule has 1 heterocycles. The van der Waals surface area contributed by atoms with Crippen LogP contribution in [0.4, 0.5) is 0 Å². The summed E-state index contributed by atoms with van der Waals surface area (Å²) in [5.41, 5.74) is 0.362. The Morgan fingerprint density at radius 2 is 2.04 bits per heavy atom. The summed E-state index contributed by atoms with van der Waals surface area (Å²) in [5, 5.41) is 14.7. The number of aryl methyl sites for hydroxylation is 1. The summed E-state index contributed by atoms with van der Waals surface area (Å²) >= 11 is 0. The van der Waals surface area contributed by atoms with E-state index in [0.29, 0.717) is 17.6 Å². The second-order valence-electron chi connectivity index (χ2n) is 7.13. The number of nitrogens with zero attached hydrogens (tertiary/aromatic N) is 4. The van der Waals surface area contributed by atoms with Crippen molar-refractivity contribution in [2.45, 2.75) is 71.1 Å². The number of rotatable bonds is 9. The van der Waals surface area contributed by atoms with Crippen LogP contribution in [0, 0.1) is 5.41 Å². The largest absolute Gasteiger partial charge is 0.378 e. The zero-order valence-electron chi connectivity index (χ0n) is 16.0. The predicted octanol–water partition coefficient (Wildman–Crippen LogP) is 2.58. The van der Waals surface area contributed by atoms with Crippen LogP contribution in [0.15, 0.2) is 17.6 Å². The molecular formula is C18H33IN6O. The van der Waals surface area contributed by atoms with Gasteiger partial charge in [-0.05, 0) is 46.0 Å². The molecule has 2 fully saturated rings. The zero-order chi connectivity index (χ0) is 17.5. The number of unbranched alkanes of at least 4 members (excludes halogenated alkanes) is 1. The maximum absolute atomic E-state index is 5.94. The number of hydrogen-bond donors (Lipinski definition) is 2. The summed E-state index contributed by atoms with van der Waals surface area (Å²) in [4.78, 5) is 4.76. The zero-order valence-corrected chi connectivity index (χ0v) is 18.3. The van der Waals surface area contributed by atoms with Gasteiger partial charge in [-0.1, -0.05) is 6.42 Å². The maximum Gasteiger partial charge on any atom is 0.191 e. The SMILES string of the molecule is CCNC(=NCCCCn1cnnc1)NC1CC(OCC)C12CCC2.I. The number of hydrogen-bond acceptors (Lipinski definition) is 4. The number of aromatic nitrogens is 3. The average Bonchev–Trinajstić information content (AvgIpc) is 3.05. The van der Waals surface area contributed by atoms with Gasteiger partial charge >= 0.3 is 0 Å². The van der Waals surface area contributed by atoms with E-state index in [1.54, 1.807) is 12.7 Å². The Morgan fingerprint density at radius 1 is 1.27 bits per heavy atom. The molecule has 2 aliphatic carbocycles. The molecule has 1 aromatic heterocycles. The van der Waals surface area contributed by atoms with Crippen LogP contribution in [0.2, 0.25) is 0 Å². The molecule has 0 saturated heterocycles. The minimum absolute atomic E-state index is 0. The van der Waals surface area contributed by atoms with E-state index in [2.05, 4.69) is 34.7 Å². The molecule has 2 aliphatic rings. The molecule has 0 aromatic carbocycles. The van der Waals surface area contributed by atoms with Crippen LogP contribution in [0.1, 0.15) is 52.4 Å². The third kappa shape index (κ3) is 4.88. The highest BCUT2D eigenvalue weighted by Crippen LogP contribution is 2.57. The van der Waals surface area contributed by atoms with Crippen molar-refractivity contribution in [3.05, 3.63) is 12.7 Å². The Labute approximate surface area is 173 Å². The smallest absolute Gasteiger partial charge is 0.191 e. The van der Waals surface area contributed by atoms with Crippen LogP contribution in [0.3, 0.4) is 0 Å². The van der Waals surface area contributed by atoms with Crippen molar-refractivity contribution in [2.75, 3.05) is 19.7 Å². The lowest BCUT2D eigenvalue weighted by Gasteiger charge is -2.61. The third-order valence-electron chi connectivity index (χ3n) is 5.65. The van der Waals surface area contributed by atoms with Crippen LogP contribution in [0.25, 0.3) is 0 Å². The molecule has 26 heavy (non-hydrogen) atoms. The number of aliphatic imine (C=N–C) groups is 1. The average molecular weight is 476 g/mol. The quantitative estimate of drug-likeness (QED) is 0.248. The van der Waals surface area contributed by atoms with E-state index in [0.717, 1.165) is 51.5 Å². The van der Waals surface area contributed by atoms with Gasteiger partial charge in [0.15, 0.2) is 5.96 Å². The lowest BCUT2D eigenvalue weighted by atomic mass is 9.51. The first-order valence-electron chi connectivity index (χ1n) is 9.77. The fourth-order valence-electron chi connectivity index (χ4n) is 4.06. The molecule has 3 rings (SSSR count). The normalized spacial score (nSPS) is 23.7. The fraction of sp³-hybridized carbons (Fsp3) is 0.833. The molecule has 2 unspecified atom stereocenters. The van der Waals surface area contributed by atoms with Crippen molar-refractivity contribution in [1.82, 2.24) is 25.4 Å².